The largest absolute Gasteiger partial charge is 0.493 e. The topological polar surface area (TPSA) is 99.9 Å². The molecule has 26 heavy (non-hydrogen) atoms. The zero-order valence-electron chi connectivity index (χ0n) is 15.0. The molecule has 0 atom stereocenters. The second-order valence-corrected chi connectivity index (χ2v) is 5.43. The second-order valence-electron chi connectivity index (χ2n) is 5.43. The fourth-order valence-corrected chi connectivity index (χ4v) is 2.44. The van der Waals surface area contributed by atoms with Gasteiger partial charge >= 0.3 is 0 Å². The summed E-state index contributed by atoms with van der Waals surface area (Å²) in [6.07, 6.45) is 0.795. The third-order valence-electron chi connectivity index (χ3n) is 3.73. The highest BCUT2D eigenvalue weighted by atomic mass is 16.5. The Kier molecular flexibility index (Phi) is 6.43. The summed E-state index contributed by atoms with van der Waals surface area (Å²) in [7, 11) is 2.86. The zero-order chi connectivity index (χ0) is 19.1. The van der Waals surface area contributed by atoms with Gasteiger partial charge in [0.2, 0.25) is 5.75 Å². The van der Waals surface area contributed by atoms with Gasteiger partial charge in [-0.15, -0.1) is 0 Å². The van der Waals surface area contributed by atoms with E-state index >= 15 is 0 Å². The van der Waals surface area contributed by atoms with Crippen LogP contribution in [0.25, 0.3) is 0 Å². The van der Waals surface area contributed by atoms with Crippen LogP contribution in [0.15, 0.2) is 36.4 Å². The molecule has 2 aromatic carbocycles. The Morgan fingerprint density at radius 2 is 1.69 bits per heavy atom. The van der Waals surface area contributed by atoms with Crippen molar-refractivity contribution < 1.29 is 23.8 Å². The average Bonchev–Trinajstić information content (AvgIpc) is 2.65. The molecule has 0 heterocycles. The van der Waals surface area contributed by atoms with Crippen LogP contribution in [0.2, 0.25) is 0 Å². The molecule has 2 rings (SSSR count). The number of benzene rings is 2. The number of carbonyl (C=O) groups excluding carboxylic acids is 2. The molecule has 3 N–H and O–H groups in total. The van der Waals surface area contributed by atoms with Gasteiger partial charge in [0.15, 0.2) is 18.1 Å². The first-order chi connectivity index (χ1) is 12.5. The molecule has 2 aromatic rings. The number of hydrogen-bond acceptors (Lipinski definition) is 5. The molecule has 0 aliphatic carbocycles. The third kappa shape index (κ3) is 4.44. The molecule has 0 aliphatic rings. The Hall–Kier alpha value is -3.22. The van der Waals surface area contributed by atoms with E-state index in [4.69, 9.17) is 19.9 Å². The first kappa shape index (κ1) is 19.1. The first-order valence-corrected chi connectivity index (χ1v) is 8.06. The predicted molar refractivity (Wildman–Crippen MR) is 98.0 cm³/mol. The number of ether oxygens (including phenoxy) is 3. The Labute approximate surface area is 152 Å². The lowest BCUT2D eigenvalue weighted by Gasteiger charge is -2.16. The molecule has 138 valence electrons. The van der Waals surface area contributed by atoms with Crippen LogP contribution in [-0.2, 0) is 11.2 Å². The van der Waals surface area contributed by atoms with Crippen molar-refractivity contribution in [3.8, 4) is 17.2 Å². The number of hydrogen-bond donors (Lipinski definition) is 2. The van der Waals surface area contributed by atoms with Crippen molar-refractivity contribution >= 4 is 17.5 Å². The number of amides is 2. The van der Waals surface area contributed by atoms with Crippen molar-refractivity contribution in [1.29, 1.82) is 0 Å². The first-order valence-electron chi connectivity index (χ1n) is 8.06. The van der Waals surface area contributed by atoms with Crippen LogP contribution in [0.1, 0.15) is 22.8 Å². The van der Waals surface area contributed by atoms with Crippen LogP contribution in [0.3, 0.4) is 0 Å². The Morgan fingerprint density at radius 3 is 2.23 bits per heavy atom. The van der Waals surface area contributed by atoms with Gasteiger partial charge in [-0.3, -0.25) is 9.59 Å². The van der Waals surface area contributed by atoms with Gasteiger partial charge in [0.1, 0.15) is 0 Å². The quantitative estimate of drug-likeness (QED) is 0.755. The molecule has 7 nitrogen and oxygen atoms in total. The van der Waals surface area contributed by atoms with Gasteiger partial charge in [0.25, 0.3) is 11.8 Å². The van der Waals surface area contributed by atoms with Crippen molar-refractivity contribution in [2.24, 2.45) is 5.73 Å². The molecule has 0 saturated carbocycles. The molecular formula is C19H22N2O5. The smallest absolute Gasteiger partial charge is 0.255 e. The van der Waals surface area contributed by atoms with E-state index in [0.717, 1.165) is 17.7 Å². The number of nitrogens with one attached hydrogen (secondary N) is 1. The van der Waals surface area contributed by atoms with Gasteiger partial charge in [-0.25, -0.2) is 0 Å². The highest BCUT2D eigenvalue weighted by molar-refractivity contribution is 6.05. The highest BCUT2D eigenvalue weighted by Crippen LogP contribution is 2.38. The van der Waals surface area contributed by atoms with Gasteiger partial charge in [-0.1, -0.05) is 25.1 Å². The van der Waals surface area contributed by atoms with Crippen LogP contribution >= 0.6 is 0 Å². The van der Waals surface area contributed by atoms with Crippen molar-refractivity contribution in [3.05, 3.63) is 47.5 Å². The summed E-state index contributed by atoms with van der Waals surface area (Å²) in [6.45, 7) is 1.68. The van der Waals surface area contributed by atoms with Crippen molar-refractivity contribution in [2.75, 3.05) is 26.1 Å². The maximum atomic E-state index is 12.7. The minimum Gasteiger partial charge on any atom is -0.493 e. The number of anilines is 1. The molecule has 0 unspecified atom stereocenters. The van der Waals surface area contributed by atoms with Crippen LogP contribution in [0.4, 0.5) is 5.69 Å². The lowest BCUT2D eigenvalue weighted by Crippen LogP contribution is -2.20. The zero-order valence-corrected chi connectivity index (χ0v) is 15.0. The van der Waals surface area contributed by atoms with Crippen LogP contribution in [0.5, 0.6) is 17.2 Å². The fraction of sp³-hybridized carbons (Fsp3) is 0.263. The summed E-state index contributed by atoms with van der Waals surface area (Å²) in [6, 6.07) is 10.6. The maximum absolute atomic E-state index is 12.7. The molecule has 0 spiro atoms. The summed E-state index contributed by atoms with van der Waals surface area (Å²) in [5.41, 5.74) is 7.21. The van der Waals surface area contributed by atoms with Gasteiger partial charge in [0.05, 0.1) is 14.2 Å². The highest BCUT2D eigenvalue weighted by Gasteiger charge is 2.19. The molecule has 0 saturated heterocycles. The van der Waals surface area contributed by atoms with E-state index in [9.17, 15) is 9.59 Å². The number of carbonyl (C=O) groups is 2. The van der Waals surface area contributed by atoms with Gasteiger partial charge in [-0.05, 0) is 30.2 Å². The Balaban J connectivity index is 2.34. The average molecular weight is 358 g/mol. The van der Waals surface area contributed by atoms with Crippen molar-refractivity contribution in [2.45, 2.75) is 13.3 Å². The molecule has 0 aliphatic heterocycles. The number of aryl methyl sites for hydroxylation is 1. The Morgan fingerprint density at radius 1 is 1.08 bits per heavy atom. The normalized spacial score (nSPS) is 10.1. The second kappa shape index (κ2) is 8.75. The van der Waals surface area contributed by atoms with Crippen LogP contribution < -0.4 is 25.3 Å². The number of primary amides is 1. The number of nitrogens with two attached hydrogens (primary N) is 1. The summed E-state index contributed by atoms with van der Waals surface area (Å²) in [5, 5.41) is 2.89. The van der Waals surface area contributed by atoms with Crippen LogP contribution in [0, 0.1) is 0 Å². The lowest BCUT2D eigenvalue weighted by atomic mass is 10.1. The van der Waals surface area contributed by atoms with E-state index in [0.29, 0.717) is 5.56 Å². The van der Waals surface area contributed by atoms with Gasteiger partial charge < -0.3 is 25.3 Å². The van der Waals surface area contributed by atoms with Crippen molar-refractivity contribution in [3.63, 3.8) is 0 Å². The monoisotopic (exact) mass is 358 g/mol. The summed E-state index contributed by atoms with van der Waals surface area (Å²) in [5.74, 6) is -0.214. The maximum Gasteiger partial charge on any atom is 0.255 e. The van der Waals surface area contributed by atoms with E-state index in [-0.39, 0.29) is 29.8 Å². The number of para-hydroxylation sites is 1. The molecule has 7 heteroatoms. The standard InChI is InChI=1S/C19H22N2O5/c1-4-12-7-5-6-8-14(12)21-19(23)13-9-15(24-2)18(16(10-13)25-3)26-11-17(20)22/h5-10H,4,11H2,1-3H3,(H2,20,22)(H,21,23). The minimum absolute atomic E-state index is 0.208. The number of methoxy groups -OCH3 is 2. The fourth-order valence-electron chi connectivity index (χ4n) is 2.44. The van der Waals surface area contributed by atoms with E-state index in [2.05, 4.69) is 5.32 Å². The van der Waals surface area contributed by atoms with E-state index in [1.807, 2.05) is 31.2 Å². The Bertz CT molecular complexity index is 779. The third-order valence-corrected chi connectivity index (χ3v) is 3.73. The summed E-state index contributed by atoms with van der Waals surface area (Å²) >= 11 is 0. The molecule has 0 radical (unpaired) electrons. The molecule has 0 fully saturated rings. The molecule has 0 bridgehead atoms. The molecule has 0 aromatic heterocycles. The van der Waals surface area contributed by atoms with Crippen molar-refractivity contribution in [1.82, 2.24) is 0 Å². The van der Waals surface area contributed by atoms with E-state index < -0.39 is 5.91 Å². The van der Waals surface area contributed by atoms with E-state index in [1.54, 1.807) is 0 Å². The van der Waals surface area contributed by atoms with E-state index in [1.165, 1.54) is 26.4 Å². The van der Waals surface area contributed by atoms with Gasteiger partial charge in [-0.2, -0.15) is 0 Å². The number of rotatable bonds is 8. The summed E-state index contributed by atoms with van der Waals surface area (Å²) in [4.78, 5) is 23.6. The predicted octanol–water partition coefficient (Wildman–Crippen LogP) is 2.38. The molecule has 2 amide bonds. The molecular weight excluding hydrogens is 336 g/mol. The van der Waals surface area contributed by atoms with Crippen LogP contribution in [-0.4, -0.2) is 32.6 Å². The van der Waals surface area contributed by atoms with Gasteiger partial charge in [0, 0.05) is 11.3 Å². The summed E-state index contributed by atoms with van der Waals surface area (Å²) < 4.78 is 15.9. The minimum atomic E-state index is -0.632. The SMILES string of the molecule is CCc1ccccc1NC(=O)c1cc(OC)c(OCC(N)=O)c(OC)c1. The lowest BCUT2D eigenvalue weighted by molar-refractivity contribution is -0.120.